The van der Waals surface area contributed by atoms with Gasteiger partial charge in [0.15, 0.2) is 12.4 Å². The SMILES string of the molecule is CCOP(=O)([O-])C[n+]1ccc(-c2ncns2)cc1. The first-order valence-electron chi connectivity index (χ1n) is 5.31. The van der Waals surface area contributed by atoms with Crippen LogP contribution >= 0.6 is 19.1 Å². The Morgan fingerprint density at radius 2 is 2.22 bits per heavy atom. The summed E-state index contributed by atoms with van der Waals surface area (Å²) < 4.78 is 21.6. The third kappa shape index (κ3) is 3.43. The molecule has 0 bridgehead atoms. The predicted molar refractivity (Wildman–Crippen MR) is 64.8 cm³/mol. The van der Waals surface area contributed by atoms with Crippen molar-refractivity contribution in [2.24, 2.45) is 0 Å². The van der Waals surface area contributed by atoms with Crippen LogP contribution in [0.2, 0.25) is 0 Å². The summed E-state index contributed by atoms with van der Waals surface area (Å²) in [5.74, 6) is 0. The highest BCUT2D eigenvalue weighted by Gasteiger charge is 2.14. The van der Waals surface area contributed by atoms with Crippen molar-refractivity contribution in [3.8, 4) is 10.6 Å². The molecule has 0 amide bonds. The molecule has 18 heavy (non-hydrogen) atoms. The minimum atomic E-state index is -3.80. The Balaban J connectivity index is 2.11. The minimum absolute atomic E-state index is 0.157. The maximum Gasteiger partial charge on any atom is 0.210 e. The molecule has 0 radical (unpaired) electrons. The van der Waals surface area contributed by atoms with Crippen LogP contribution in [0.3, 0.4) is 0 Å². The van der Waals surface area contributed by atoms with E-state index in [1.54, 1.807) is 36.0 Å². The van der Waals surface area contributed by atoms with E-state index in [-0.39, 0.29) is 12.9 Å². The second-order valence-electron chi connectivity index (χ2n) is 3.52. The first-order valence-corrected chi connectivity index (χ1v) is 7.81. The lowest BCUT2D eigenvalue weighted by molar-refractivity contribution is -0.682. The molecule has 96 valence electrons. The van der Waals surface area contributed by atoms with Gasteiger partial charge in [-0.2, -0.15) is 8.94 Å². The van der Waals surface area contributed by atoms with Gasteiger partial charge in [0.2, 0.25) is 13.9 Å². The van der Waals surface area contributed by atoms with Crippen LogP contribution < -0.4 is 9.46 Å². The van der Waals surface area contributed by atoms with E-state index in [0.29, 0.717) is 0 Å². The second kappa shape index (κ2) is 5.67. The van der Waals surface area contributed by atoms with Crippen LogP contribution in [-0.2, 0) is 15.4 Å². The van der Waals surface area contributed by atoms with Gasteiger partial charge in [0.1, 0.15) is 11.3 Å². The summed E-state index contributed by atoms with van der Waals surface area (Å²) in [6, 6.07) is 3.60. The predicted octanol–water partition coefficient (Wildman–Crippen LogP) is 1.04. The van der Waals surface area contributed by atoms with Crippen molar-refractivity contribution in [3.05, 3.63) is 30.9 Å². The zero-order valence-corrected chi connectivity index (χ0v) is 11.4. The number of rotatable bonds is 5. The Morgan fingerprint density at radius 1 is 1.50 bits per heavy atom. The summed E-state index contributed by atoms with van der Waals surface area (Å²) in [5.41, 5.74) is 0.908. The Labute approximate surface area is 109 Å². The van der Waals surface area contributed by atoms with Gasteiger partial charge in [-0.15, -0.1) is 0 Å². The molecule has 0 aliphatic carbocycles. The summed E-state index contributed by atoms with van der Waals surface area (Å²) in [4.78, 5) is 15.6. The lowest BCUT2D eigenvalue weighted by Crippen LogP contribution is -2.35. The highest BCUT2D eigenvalue weighted by molar-refractivity contribution is 7.49. The van der Waals surface area contributed by atoms with Gasteiger partial charge in [-0.05, 0) is 18.5 Å². The Kier molecular flexibility index (Phi) is 4.19. The molecular formula is C10H12N3O3PS. The molecule has 2 rings (SSSR count). The number of pyridine rings is 1. The zero-order chi connectivity index (χ0) is 13.0. The molecule has 2 aromatic heterocycles. The van der Waals surface area contributed by atoms with Gasteiger partial charge in [0.25, 0.3) is 0 Å². The van der Waals surface area contributed by atoms with Crippen LogP contribution in [0.15, 0.2) is 30.9 Å². The molecule has 0 spiro atoms. The number of nitrogens with zero attached hydrogens (tertiary/aromatic N) is 3. The molecule has 0 saturated carbocycles. The Hall–Kier alpha value is -1.14. The van der Waals surface area contributed by atoms with E-state index in [9.17, 15) is 9.46 Å². The lowest BCUT2D eigenvalue weighted by Gasteiger charge is -2.18. The lowest BCUT2D eigenvalue weighted by atomic mass is 10.3. The maximum atomic E-state index is 11.5. The topological polar surface area (TPSA) is 79.0 Å². The first-order chi connectivity index (χ1) is 8.61. The second-order valence-corrected chi connectivity index (χ2v) is 6.06. The van der Waals surface area contributed by atoms with Gasteiger partial charge in [0, 0.05) is 17.7 Å². The molecule has 1 unspecified atom stereocenters. The van der Waals surface area contributed by atoms with E-state index in [1.807, 2.05) is 0 Å². The van der Waals surface area contributed by atoms with Crippen molar-refractivity contribution in [1.29, 1.82) is 0 Å². The highest BCUT2D eigenvalue weighted by Crippen LogP contribution is 2.36. The van der Waals surface area contributed by atoms with E-state index in [0.717, 1.165) is 10.6 Å². The Bertz CT molecular complexity index is 544. The van der Waals surface area contributed by atoms with Crippen LogP contribution in [0.4, 0.5) is 0 Å². The molecular weight excluding hydrogens is 273 g/mol. The monoisotopic (exact) mass is 285 g/mol. The van der Waals surface area contributed by atoms with Gasteiger partial charge < -0.3 is 14.0 Å². The molecule has 0 N–H and O–H groups in total. The van der Waals surface area contributed by atoms with E-state index in [2.05, 4.69) is 9.36 Å². The van der Waals surface area contributed by atoms with Crippen molar-refractivity contribution in [3.63, 3.8) is 0 Å². The molecule has 0 aliphatic rings. The van der Waals surface area contributed by atoms with Crippen LogP contribution in [0.5, 0.6) is 0 Å². The average molecular weight is 285 g/mol. The van der Waals surface area contributed by atoms with Crippen molar-refractivity contribution in [2.45, 2.75) is 13.2 Å². The molecule has 0 fully saturated rings. The van der Waals surface area contributed by atoms with Crippen LogP contribution in [0.25, 0.3) is 10.6 Å². The summed E-state index contributed by atoms with van der Waals surface area (Å²) in [6.45, 7) is 1.80. The standard InChI is InChI=1S/C10H12N3O3PS/c1-2-16-17(14,15)8-13-5-3-9(4-6-13)10-11-7-12-18-10/h3-7H,2,8H2,1H3. The summed E-state index contributed by atoms with van der Waals surface area (Å²) >= 11 is 1.29. The van der Waals surface area contributed by atoms with Crippen molar-refractivity contribution in [1.82, 2.24) is 9.36 Å². The smallest absolute Gasteiger partial charge is 0.210 e. The third-order valence-corrected chi connectivity index (χ3v) is 4.20. The fourth-order valence-corrected chi connectivity index (χ4v) is 3.03. The van der Waals surface area contributed by atoms with E-state index in [1.165, 1.54) is 17.9 Å². The van der Waals surface area contributed by atoms with Crippen LogP contribution in [-0.4, -0.2) is 16.0 Å². The molecule has 6 nitrogen and oxygen atoms in total. The molecule has 0 aliphatic heterocycles. The van der Waals surface area contributed by atoms with Gasteiger partial charge in [-0.3, -0.25) is 0 Å². The molecule has 1 atom stereocenters. The minimum Gasteiger partial charge on any atom is -0.774 e. The summed E-state index contributed by atoms with van der Waals surface area (Å²) in [6.07, 6.45) is 4.68. The normalized spacial score (nSPS) is 14.3. The van der Waals surface area contributed by atoms with Gasteiger partial charge in [-0.25, -0.2) is 4.98 Å². The van der Waals surface area contributed by atoms with Crippen LogP contribution in [0, 0.1) is 0 Å². The largest absolute Gasteiger partial charge is 0.774 e. The molecule has 2 aromatic rings. The van der Waals surface area contributed by atoms with E-state index in [4.69, 9.17) is 4.52 Å². The molecule has 0 saturated heterocycles. The fraction of sp³-hybridized carbons (Fsp3) is 0.300. The van der Waals surface area contributed by atoms with E-state index >= 15 is 0 Å². The van der Waals surface area contributed by atoms with Crippen LogP contribution in [0.1, 0.15) is 6.92 Å². The van der Waals surface area contributed by atoms with Gasteiger partial charge >= 0.3 is 0 Å². The first kappa shape index (κ1) is 13.3. The Morgan fingerprint density at radius 3 is 2.78 bits per heavy atom. The molecule has 0 aromatic carbocycles. The fourth-order valence-electron chi connectivity index (χ4n) is 1.43. The third-order valence-electron chi connectivity index (χ3n) is 2.16. The zero-order valence-electron chi connectivity index (χ0n) is 9.72. The molecule has 2 heterocycles. The number of hydrogen-bond acceptors (Lipinski definition) is 6. The molecule has 8 heteroatoms. The maximum absolute atomic E-state index is 11.5. The summed E-state index contributed by atoms with van der Waals surface area (Å²) in [7, 11) is -3.80. The number of aromatic nitrogens is 3. The van der Waals surface area contributed by atoms with E-state index < -0.39 is 7.60 Å². The summed E-state index contributed by atoms with van der Waals surface area (Å²) in [5, 5.41) is 0.803. The van der Waals surface area contributed by atoms with Gasteiger partial charge in [-0.1, -0.05) is 0 Å². The van der Waals surface area contributed by atoms with Crippen molar-refractivity contribution >= 4 is 19.1 Å². The quantitative estimate of drug-likeness (QED) is 0.606. The van der Waals surface area contributed by atoms with Crippen molar-refractivity contribution in [2.75, 3.05) is 6.61 Å². The number of hydrogen-bond donors (Lipinski definition) is 0. The highest BCUT2D eigenvalue weighted by atomic mass is 32.1. The average Bonchev–Trinajstić information content (AvgIpc) is 2.82. The van der Waals surface area contributed by atoms with Gasteiger partial charge in [0.05, 0.1) is 6.61 Å². The van der Waals surface area contributed by atoms with Crippen molar-refractivity contribution < 1.29 is 18.5 Å².